The van der Waals surface area contributed by atoms with Crippen molar-refractivity contribution in [3.63, 3.8) is 0 Å². The van der Waals surface area contributed by atoms with Crippen molar-refractivity contribution in [3.8, 4) is 0 Å². The molecule has 3 aromatic heterocycles. The normalized spacial score (nSPS) is 17.8. The van der Waals surface area contributed by atoms with E-state index in [1.165, 1.54) is 11.3 Å². The molecular formula is C20H23N5O2S. The first-order valence-electron chi connectivity index (χ1n) is 9.36. The molecule has 1 saturated heterocycles. The highest BCUT2D eigenvalue weighted by Crippen LogP contribution is 2.27. The fourth-order valence-corrected chi connectivity index (χ4v) is 4.32. The summed E-state index contributed by atoms with van der Waals surface area (Å²) in [7, 11) is 1.70. The third-order valence-corrected chi connectivity index (χ3v) is 5.87. The minimum atomic E-state index is -0.0712. The zero-order chi connectivity index (χ0) is 19.5. The molecule has 4 rings (SSSR count). The molecule has 1 fully saturated rings. The van der Waals surface area contributed by atoms with Crippen molar-refractivity contribution in [1.29, 1.82) is 0 Å². The quantitative estimate of drug-likeness (QED) is 0.687. The number of likely N-dealkylation sites (tertiary alicyclic amines) is 1. The van der Waals surface area contributed by atoms with Crippen LogP contribution >= 0.6 is 11.3 Å². The molecule has 0 saturated carbocycles. The van der Waals surface area contributed by atoms with Crippen LogP contribution in [0.3, 0.4) is 0 Å². The molecule has 8 heteroatoms. The summed E-state index contributed by atoms with van der Waals surface area (Å²) in [5.41, 5.74) is 2.15. The lowest BCUT2D eigenvalue weighted by molar-refractivity contribution is 0.0772. The van der Waals surface area contributed by atoms with Crippen LogP contribution in [0.1, 0.15) is 35.6 Å². The molecular weight excluding hydrogens is 374 g/mol. The number of carbonyl (C=O) groups excluding carboxylic acids is 1. The lowest BCUT2D eigenvalue weighted by Crippen LogP contribution is -2.30. The number of nitrogens with zero attached hydrogens (tertiary/aromatic N) is 4. The molecule has 2 unspecified atom stereocenters. The second-order valence-corrected chi connectivity index (χ2v) is 7.93. The van der Waals surface area contributed by atoms with Gasteiger partial charge in [0, 0.05) is 32.3 Å². The molecule has 0 aromatic carbocycles. The Morgan fingerprint density at radius 2 is 2.29 bits per heavy atom. The van der Waals surface area contributed by atoms with Gasteiger partial charge in [-0.05, 0) is 36.9 Å². The zero-order valence-electron chi connectivity index (χ0n) is 16.0. The minimum absolute atomic E-state index is 0.0398. The van der Waals surface area contributed by atoms with Gasteiger partial charge in [0.2, 0.25) is 5.95 Å². The molecule has 1 aliphatic heterocycles. The van der Waals surface area contributed by atoms with Gasteiger partial charge in [0.1, 0.15) is 0 Å². The molecule has 1 amide bonds. The molecule has 2 atom stereocenters. The fourth-order valence-electron chi connectivity index (χ4n) is 3.51. The summed E-state index contributed by atoms with van der Waals surface area (Å²) in [6, 6.07) is 7.63. The van der Waals surface area contributed by atoms with E-state index in [0.29, 0.717) is 30.7 Å². The van der Waals surface area contributed by atoms with Crippen molar-refractivity contribution in [2.75, 3.05) is 32.1 Å². The van der Waals surface area contributed by atoms with Crippen LogP contribution < -0.4 is 5.32 Å². The number of hydrogen-bond acceptors (Lipinski definition) is 7. The smallest absolute Gasteiger partial charge is 0.274 e. The Balaban J connectivity index is 1.60. The first-order chi connectivity index (χ1) is 13.7. The highest BCUT2D eigenvalue weighted by atomic mass is 32.1. The van der Waals surface area contributed by atoms with Crippen LogP contribution in [0.4, 0.5) is 5.95 Å². The number of pyridine rings is 1. The Morgan fingerprint density at radius 3 is 3.07 bits per heavy atom. The van der Waals surface area contributed by atoms with E-state index in [9.17, 15) is 4.79 Å². The van der Waals surface area contributed by atoms with E-state index in [2.05, 4.69) is 20.3 Å². The third kappa shape index (κ3) is 3.83. The Morgan fingerprint density at radius 1 is 1.39 bits per heavy atom. The number of amides is 1. The number of carbonyl (C=O) groups is 1. The monoisotopic (exact) mass is 397 g/mol. The summed E-state index contributed by atoms with van der Waals surface area (Å²) in [6.45, 7) is 4.12. The molecule has 0 aliphatic carbocycles. The van der Waals surface area contributed by atoms with Crippen LogP contribution in [-0.2, 0) is 4.74 Å². The predicted molar refractivity (Wildman–Crippen MR) is 110 cm³/mol. The summed E-state index contributed by atoms with van der Waals surface area (Å²) < 4.78 is 6.07. The van der Waals surface area contributed by atoms with Gasteiger partial charge in [-0.25, -0.2) is 9.97 Å². The Labute approximate surface area is 167 Å². The van der Waals surface area contributed by atoms with Crippen LogP contribution in [-0.4, -0.2) is 52.6 Å². The van der Waals surface area contributed by atoms with Gasteiger partial charge >= 0.3 is 0 Å². The predicted octanol–water partition coefficient (Wildman–Crippen LogP) is 3.37. The summed E-state index contributed by atoms with van der Waals surface area (Å²) in [5, 5.41) is 5.23. The average molecular weight is 398 g/mol. The lowest BCUT2D eigenvalue weighted by Gasteiger charge is -2.18. The Kier molecular flexibility index (Phi) is 5.50. The van der Waals surface area contributed by atoms with Gasteiger partial charge in [0.15, 0.2) is 5.69 Å². The molecule has 146 valence electrons. The second-order valence-electron chi connectivity index (χ2n) is 7.01. The van der Waals surface area contributed by atoms with Crippen LogP contribution in [0.15, 0.2) is 35.8 Å². The van der Waals surface area contributed by atoms with Crippen LogP contribution in [0.5, 0.6) is 0 Å². The highest BCUT2D eigenvalue weighted by Gasteiger charge is 2.29. The van der Waals surface area contributed by atoms with Gasteiger partial charge in [0.05, 0.1) is 28.6 Å². The van der Waals surface area contributed by atoms with E-state index in [4.69, 9.17) is 4.74 Å². The summed E-state index contributed by atoms with van der Waals surface area (Å²) in [4.78, 5) is 28.6. The van der Waals surface area contributed by atoms with E-state index < -0.39 is 0 Å². The van der Waals surface area contributed by atoms with Crippen molar-refractivity contribution >= 4 is 33.4 Å². The second kappa shape index (κ2) is 8.20. The van der Waals surface area contributed by atoms with E-state index in [0.717, 1.165) is 28.9 Å². The molecule has 1 aliphatic rings. The average Bonchev–Trinajstić information content (AvgIpc) is 3.37. The standard InChI is InChI=1S/C20H23N5O2S/c1-13(15-5-3-4-8-21-15)22-20-23-16-7-10-28-18(16)17(24-20)19(26)25-9-6-14(11-25)12-27-2/h3-5,7-8,10,13-14H,6,9,11-12H2,1-2H3,(H,22,23,24). The number of rotatable bonds is 6. The summed E-state index contributed by atoms with van der Waals surface area (Å²) in [6.07, 6.45) is 2.72. The van der Waals surface area contributed by atoms with Crippen LogP contribution in [0.2, 0.25) is 0 Å². The molecule has 28 heavy (non-hydrogen) atoms. The number of thiophene rings is 1. The Bertz CT molecular complexity index is 962. The van der Waals surface area contributed by atoms with Gasteiger partial charge in [-0.15, -0.1) is 11.3 Å². The fraction of sp³-hybridized carbons (Fsp3) is 0.400. The number of anilines is 1. The maximum Gasteiger partial charge on any atom is 0.274 e. The SMILES string of the molecule is COCC1CCN(C(=O)c2nc(NC(C)c3ccccn3)nc3ccsc23)C1. The van der Waals surface area contributed by atoms with E-state index in [-0.39, 0.29) is 11.9 Å². The van der Waals surface area contributed by atoms with E-state index in [1.807, 2.05) is 41.5 Å². The molecule has 0 bridgehead atoms. The molecule has 3 aromatic rings. The van der Waals surface area contributed by atoms with Gasteiger partial charge < -0.3 is 15.0 Å². The van der Waals surface area contributed by atoms with Crippen molar-refractivity contribution in [2.24, 2.45) is 5.92 Å². The van der Waals surface area contributed by atoms with Crippen molar-refractivity contribution in [2.45, 2.75) is 19.4 Å². The summed E-state index contributed by atoms with van der Waals surface area (Å²) in [5.74, 6) is 0.790. The summed E-state index contributed by atoms with van der Waals surface area (Å²) >= 11 is 1.50. The minimum Gasteiger partial charge on any atom is -0.384 e. The lowest BCUT2D eigenvalue weighted by atomic mass is 10.1. The van der Waals surface area contributed by atoms with Crippen LogP contribution in [0, 0.1) is 5.92 Å². The first kappa shape index (κ1) is 18.8. The maximum absolute atomic E-state index is 13.2. The molecule has 0 spiro atoms. The number of ether oxygens (including phenoxy) is 1. The van der Waals surface area contributed by atoms with Gasteiger partial charge in [-0.3, -0.25) is 9.78 Å². The Hall–Kier alpha value is -2.58. The number of methoxy groups -OCH3 is 1. The number of aromatic nitrogens is 3. The van der Waals surface area contributed by atoms with Crippen molar-refractivity contribution in [3.05, 3.63) is 47.2 Å². The highest BCUT2D eigenvalue weighted by molar-refractivity contribution is 7.17. The first-order valence-corrected chi connectivity index (χ1v) is 10.2. The number of hydrogen-bond donors (Lipinski definition) is 1. The molecule has 7 nitrogen and oxygen atoms in total. The van der Waals surface area contributed by atoms with Crippen LogP contribution in [0.25, 0.3) is 10.2 Å². The third-order valence-electron chi connectivity index (χ3n) is 4.96. The molecule has 0 radical (unpaired) electrons. The number of nitrogens with one attached hydrogen (secondary N) is 1. The van der Waals surface area contributed by atoms with E-state index in [1.54, 1.807) is 13.3 Å². The molecule has 4 heterocycles. The largest absolute Gasteiger partial charge is 0.384 e. The zero-order valence-corrected chi connectivity index (χ0v) is 16.8. The maximum atomic E-state index is 13.2. The van der Waals surface area contributed by atoms with Gasteiger partial charge in [-0.2, -0.15) is 0 Å². The topological polar surface area (TPSA) is 80.2 Å². The van der Waals surface area contributed by atoms with Gasteiger partial charge in [-0.1, -0.05) is 6.07 Å². The molecule has 1 N–H and O–H groups in total. The van der Waals surface area contributed by atoms with Crippen molar-refractivity contribution in [1.82, 2.24) is 19.9 Å². The van der Waals surface area contributed by atoms with E-state index >= 15 is 0 Å². The number of fused-ring (bicyclic) bond motifs is 1. The van der Waals surface area contributed by atoms with Gasteiger partial charge in [0.25, 0.3) is 5.91 Å². The van der Waals surface area contributed by atoms with Crippen molar-refractivity contribution < 1.29 is 9.53 Å².